The zero-order valence-corrected chi connectivity index (χ0v) is 11.9. The molecule has 1 aromatic carbocycles. The number of aromatic nitrogens is 1. The Kier molecular flexibility index (Phi) is 2.78. The number of nitrogens with zero attached hydrogens (tertiary/aromatic N) is 2. The van der Waals surface area contributed by atoms with Gasteiger partial charge in [-0.3, -0.25) is 0 Å². The number of carbonyl (C=O) groups is 1. The highest BCUT2D eigenvalue weighted by Gasteiger charge is 2.25. The van der Waals surface area contributed by atoms with Gasteiger partial charge in [-0.2, -0.15) is 0 Å². The van der Waals surface area contributed by atoms with Gasteiger partial charge in [0, 0.05) is 30.2 Å². The lowest BCUT2D eigenvalue weighted by molar-refractivity contribution is 0.139. The van der Waals surface area contributed by atoms with Gasteiger partial charge in [0.15, 0.2) is 0 Å². The van der Waals surface area contributed by atoms with E-state index in [1.807, 2.05) is 11.6 Å². The fourth-order valence-corrected chi connectivity index (χ4v) is 3.04. The zero-order valence-electron chi connectivity index (χ0n) is 10.3. The van der Waals surface area contributed by atoms with Crippen molar-refractivity contribution >= 4 is 32.9 Å². The fraction of sp³-hybridized carbons (Fsp3) is 0.308. The van der Waals surface area contributed by atoms with Crippen LogP contribution in [0.5, 0.6) is 0 Å². The molecule has 0 saturated carbocycles. The summed E-state index contributed by atoms with van der Waals surface area (Å²) >= 11 is 3.19. The topological polar surface area (TPSA) is 45.5 Å². The second-order valence-corrected chi connectivity index (χ2v) is 5.58. The van der Waals surface area contributed by atoms with E-state index in [-0.39, 0.29) is 5.82 Å². The van der Waals surface area contributed by atoms with Crippen LogP contribution in [-0.2, 0) is 20.0 Å². The molecule has 4 nitrogen and oxygen atoms in total. The summed E-state index contributed by atoms with van der Waals surface area (Å²) < 4.78 is 16.0. The van der Waals surface area contributed by atoms with E-state index in [1.165, 1.54) is 11.0 Å². The molecule has 1 aliphatic heterocycles. The Morgan fingerprint density at radius 1 is 1.47 bits per heavy atom. The third-order valence-electron chi connectivity index (χ3n) is 3.72. The van der Waals surface area contributed by atoms with Crippen LogP contribution in [0.2, 0.25) is 0 Å². The van der Waals surface area contributed by atoms with Crippen LogP contribution in [0.4, 0.5) is 9.18 Å². The van der Waals surface area contributed by atoms with Gasteiger partial charge in [0.2, 0.25) is 0 Å². The Morgan fingerprint density at radius 2 is 2.21 bits per heavy atom. The Bertz CT molecular complexity index is 696. The molecule has 0 radical (unpaired) electrons. The number of hydrogen-bond donors (Lipinski definition) is 1. The summed E-state index contributed by atoms with van der Waals surface area (Å²) in [5, 5.41) is 9.94. The van der Waals surface area contributed by atoms with Crippen LogP contribution in [-0.4, -0.2) is 27.2 Å². The monoisotopic (exact) mass is 326 g/mol. The van der Waals surface area contributed by atoms with E-state index < -0.39 is 6.09 Å². The largest absolute Gasteiger partial charge is 0.465 e. The van der Waals surface area contributed by atoms with Crippen molar-refractivity contribution < 1.29 is 14.3 Å². The lowest BCUT2D eigenvalue weighted by Crippen LogP contribution is -2.35. The summed E-state index contributed by atoms with van der Waals surface area (Å²) in [5.41, 5.74) is 2.92. The van der Waals surface area contributed by atoms with Crippen LogP contribution in [0.3, 0.4) is 0 Å². The van der Waals surface area contributed by atoms with Gasteiger partial charge >= 0.3 is 6.09 Å². The Morgan fingerprint density at radius 3 is 2.89 bits per heavy atom. The van der Waals surface area contributed by atoms with Gasteiger partial charge in [0.25, 0.3) is 0 Å². The smallest absolute Gasteiger partial charge is 0.407 e. The summed E-state index contributed by atoms with van der Waals surface area (Å²) in [4.78, 5) is 12.4. The van der Waals surface area contributed by atoms with Crippen molar-refractivity contribution in [2.45, 2.75) is 13.0 Å². The van der Waals surface area contributed by atoms with Gasteiger partial charge in [-0.1, -0.05) is 0 Å². The highest BCUT2D eigenvalue weighted by Crippen LogP contribution is 2.33. The lowest BCUT2D eigenvalue weighted by Gasteiger charge is -2.25. The van der Waals surface area contributed by atoms with Gasteiger partial charge in [-0.05, 0) is 40.0 Å². The van der Waals surface area contributed by atoms with Crippen LogP contribution in [0.25, 0.3) is 10.9 Å². The van der Waals surface area contributed by atoms with E-state index >= 15 is 0 Å². The van der Waals surface area contributed by atoms with E-state index in [0.717, 1.165) is 22.2 Å². The molecule has 19 heavy (non-hydrogen) atoms. The number of carboxylic acid groups (broad SMARTS) is 1. The van der Waals surface area contributed by atoms with Gasteiger partial charge in [-0.15, -0.1) is 0 Å². The van der Waals surface area contributed by atoms with Gasteiger partial charge in [0.1, 0.15) is 5.82 Å². The van der Waals surface area contributed by atoms with Crippen molar-refractivity contribution in [3.63, 3.8) is 0 Å². The van der Waals surface area contributed by atoms with E-state index in [9.17, 15) is 9.18 Å². The van der Waals surface area contributed by atoms with E-state index in [1.54, 1.807) is 6.07 Å². The molecule has 0 atom stereocenters. The molecule has 6 heteroatoms. The van der Waals surface area contributed by atoms with Crippen molar-refractivity contribution in [2.24, 2.45) is 7.05 Å². The number of benzene rings is 1. The molecule has 0 bridgehead atoms. The van der Waals surface area contributed by atoms with Gasteiger partial charge < -0.3 is 14.6 Å². The van der Waals surface area contributed by atoms with E-state index in [2.05, 4.69) is 15.9 Å². The van der Waals surface area contributed by atoms with Crippen molar-refractivity contribution in [1.82, 2.24) is 9.47 Å². The molecule has 1 N–H and O–H groups in total. The SMILES string of the molecule is Cn1c2c(c3cc(F)c(Br)cc31)CCN(C(=O)O)C2. The normalized spacial score (nSPS) is 14.8. The average molecular weight is 327 g/mol. The predicted octanol–water partition coefficient (Wildman–Crippen LogP) is 3.12. The van der Waals surface area contributed by atoms with Crippen LogP contribution in [0.15, 0.2) is 16.6 Å². The second-order valence-electron chi connectivity index (χ2n) is 4.72. The summed E-state index contributed by atoms with van der Waals surface area (Å²) in [7, 11) is 1.89. The molecule has 0 unspecified atom stereocenters. The van der Waals surface area contributed by atoms with Crippen LogP contribution in [0, 0.1) is 5.82 Å². The number of amides is 1. The molecule has 2 heterocycles. The van der Waals surface area contributed by atoms with Crippen molar-refractivity contribution in [2.75, 3.05) is 6.54 Å². The molecule has 2 aromatic rings. The molecular weight excluding hydrogens is 315 g/mol. The second kappa shape index (κ2) is 4.23. The lowest BCUT2D eigenvalue weighted by atomic mass is 10.0. The number of halogens is 2. The van der Waals surface area contributed by atoms with Crippen molar-refractivity contribution in [3.05, 3.63) is 33.7 Å². The minimum absolute atomic E-state index is 0.290. The summed E-state index contributed by atoms with van der Waals surface area (Å²) in [5.74, 6) is -0.290. The van der Waals surface area contributed by atoms with E-state index in [0.29, 0.717) is 24.0 Å². The third kappa shape index (κ3) is 1.82. The maximum absolute atomic E-state index is 13.7. The highest BCUT2D eigenvalue weighted by molar-refractivity contribution is 9.10. The molecule has 1 aliphatic rings. The number of rotatable bonds is 0. The Balaban J connectivity index is 2.21. The van der Waals surface area contributed by atoms with Crippen molar-refractivity contribution in [3.8, 4) is 0 Å². The standard InChI is InChI=1S/C13H12BrFN2O2/c1-16-11-5-9(14)10(15)4-8(11)7-2-3-17(13(18)19)6-12(7)16/h4-5H,2-3,6H2,1H3,(H,18,19). The number of hydrogen-bond acceptors (Lipinski definition) is 1. The summed E-state index contributed by atoms with van der Waals surface area (Å²) in [6, 6.07) is 3.27. The van der Waals surface area contributed by atoms with Crippen LogP contribution in [0.1, 0.15) is 11.3 Å². The Hall–Kier alpha value is -1.56. The number of fused-ring (bicyclic) bond motifs is 3. The molecular formula is C13H12BrFN2O2. The molecule has 0 fully saturated rings. The summed E-state index contributed by atoms with van der Waals surface area (Å²) in [6.45, 7) is 0.814. The predicted molar refractivity (Wildman–Crippen MR) is 72.7 cm³/mol. The molecule has 3 rings (SSSR count). The number of aryl methyl sites for hydroxylation is 1. The molecule has 1 aromatic heterocycles. The van der Waals surface area contributed by atoms with Crippen LogP contribution >= 0.6 is 15.9 Å². The van der Waals surface area contributed by atoms with Gasteiger partial charge in [-0.25, -0.2) is 9.18 Å². The first kappa shape index (κ1) is 12.5. The molecule has 100 valence electrons. The third-order valence-corrected chi connectivity index (χ3v) is 4.33. The average Bonchev–Trinajstić information content (AvgIpc) is 2.64. The van der Waals surface area contributed by atoms with E-state index in [4.69, 9.17) is 5.11 Å². The Labute approximate surface area is 117 Å². The maximum atomic E-state index is 13.7. The van der Waals surface area contributed by atoms with Gasteiger partial charge in [0.05, 0.1) is 11.0 Å². The highest BCUT2D eigenvalue weighted by atomic mass is 79.9. The first-order chi connectivity index (χ1) is 8.99. The molecule has 0 spiro atoms. The fourth-order valence-electron chi connectivity index (χ4n) is 2.71. The van der Waals surface area contributed by atoms with Crippen LogP contribution < -0.4 is 0 Å². The van der Waals surface area contributed by atoms with Crippen molar-refractivity contribution in [1.29, 1.82) is 0 Å². The molecule has 1 amide bonds. The zero-order chi connectivity index (χ0) is 13.7. The first-order valence-electron chi connectivity index (χ1n) is 5.92. The quantitative estimate of drug-likeness (QED) is 0.808. The molecule has 0 saturated heterocycles. The maximum Gasteiger partial charge on any atom is 0.407 e. The minimum Gasteiger partial charge on any atom is -0.465 e. The summed E-state index contributed by atoms with van der Waals surface area (Å²) in [6.07, 6.45) is -0.289. The molecule has 0 aliphatic carbocycles. The first-order valence-corrected chi connectivity index (χ1v) is 6.71. The minimum atomic E-state index is -0.914.